The summed E-state index contributed by atoms with van der Waals surface area (Å²) in [5.41, 5.74) is 1.72. The molecule has 21 heavy (non-hydrogen) atoms. The molecule has 0 amide bonds. The van der Waals surface area contributed by atoms with Crippen LogP contribution < -0.4 is 5.32 Å². The molecule has 0 saturated heterocycles. The number of hydrogen-bond acceptors (Lipinski definition) is 3. The minimum atomic E-state index is -0.438. The number of anilines is 1. The van der Waals surface area contributed by atoms with Gasteiger partial charge in [-0.05, 0) is 54.1 Å². The minimum absolute atomic E-state index is 0.0803. The first-order valence-corrected chi connectivity index (χ1v) is 8.28. The second kappa shape index (κ2) is 7.35. The Morgan fingerprint density at radius 3 is 2.67 bits per heavy atom. The predicted octanol–water partition coefficient (Wildman–Crippen LogP) is 4.93. The molecule has 0 unspecified atom stereocenters. The predicted molar refractivity (Wildman–Crippen MR) is 93.3 cm³/mol. The third kappa shape index (κ3) is 3.83. The summed E-state index contributed by atoms with van der Waals surface area (Å²) in [6.45, 7) is 4.91. The summed E-state index contributed by atoms with van der Waals surface area (Å²) in [6, 6.07) is 4.55. The van der Waals surface area contributed by atoms with Crippen molar-refractivity contribution in [2.45, 2.75) is 26.7 Å². The van der Waals surface area contributed by atoms with Crippen LogP contribution in [0.5, 0.6) is 0 Å². The molecule has 0 spiro atoms. The zero-order valence-corrected chi connectivity index (χ0v) is 14.8. The molecule has 0 aliphatic carbocycles. The molecule has 0 aliphatic heterocycles. The third-order valence-electron chi connectivity index (χ3n) is 2.93. The summed E-state index contributed by atoms with van der Waals surface area (Å²) in [4.78, 5) is 9.14. The molecular weight excluding hydrogens is 404 g/mol. The zero-order chi connectivity index (χ0) is 15.4. The van der Waals surface area contributed by atoms with E-state index in [4.69, 9.17) is 11.6 Å². The lowest BCUT2D eigenvalue weighted by Gasteiger charge is -2.12. The number of aryl methyl sites for hydroxylation is 1. The van der Waals surface area contributed by atoms with E-state index < -0.39 is 5.82 Å². The highest BCUT2D eigenvalue weighted by Gasteiger charge is 2.13. The van der Waals surface area contributed by atoms with Gasteiger partial charge in [0.25, 0.3) is 0 Å². The van der Waals surface area contributed by atoms with E-state index in [1.54, 1.807) is 12.1 Å². The van der Waals surface area contributed by atoms with Gasteiger partial charge in [-0.25, -0.2) is 14.4 Å². The normalized spacial score (nSPS) is 10.7. The number of hydrogen-bond donors (Lipinski definition) is 1. The molecule has 1 aromatic carbocycles. The first-order chi connectivity index (χ1) is 10.1. The molecular formula is C15H16ClFIN3. The van der Waals surface area contributed by atoms with Crippen molar-refractivity contribution in [1.82, 2.24) is 9.97 Å². The summed E-state index contributed by atoms with van der Waals surface area (Å²) in [5.74, 6) is 0.940. The molecule has 0 radical (unpaired) electrons. The highest BCUT2D eigenvalue weighted by atomic mass is 127. The van der Waals surface area contributed by atoms with Gasteiger partial charge in [-0.2, -0.15) is 0 Å². The van der Waals surface area contributed by atoms with Gasteiger partial charge in [0, 0.05) is 12.1 Å². The number of nitrogens with zero attached hydrogens (tertiary/aromatic N) is 2. The number of aromatic nitrogens is 2. The van der Waals surface area contributed by atoms with E-state index >= 15 is 0 Å². The van der Waals surface area contributed by atoms with Crippen molar-refractivity contribution in [3.63, 3.8) is 0 Å². The van der Waals surface area contributed by atoms with Crippen molar-refractivity contribution in [2.24, 2.45) is 0 Å². The summed E-state index contributed by atoms with van der Waals surface area (Å²) in [6.07, 6.45) is 1.88. The standard InChI is InChI=1S/C15H16ClFIN3/c1-3-5-12-13(18)15(19-4-2)21-14(20-12)9-6-7-11(17)10(16)8-9/h6-8H,3-5H2,1-2H3,(H,19,20,21). The molecule has 0 bridgehead atoms. The van der Waals surface area contributed by atoms with Gasteiger partial charge in [0.05, 0.1) is 14.3 Å². The van der Waals surface area contributed by atoms with E-state index in [0.29, 0.717) is 11.4 Å². The van der Waals surface area contributed by atoms with Crippen molar-refractivity contribution in [3.8, 4) is 11.4 Å². The van der Waals surface area contributed by atoms with Crippen LogP contribution >= 0.6 is 34.2 Å². The first kappa shape index (κ1) is 16.4. The van der Waals surface area contributed by atoms with Crippen LogP contribution in [0.1, 0.15) is 26.0 Å². The van der Waals surface area contributed by atoms with Gasteiger partial charge in [0.2, 0.25) is 0 Å². The number of rotatable bonds is 5. The summed E-state index contributed by atoms with van der Waals surface area (Å²) >= 11 is 8.11. The van der Waals surface area contributed by atoms with E-state index in [1.165, 1.54) is 6.07 Å². The fourth-order valence-electron chi connectivity index (χ4n) is 1.94. The van der Waals surface area contributed by atoms with Crippen LogP contribution in [0.2, 0.25) is 5.02 Å². The maximum absolute atomic E-state index is 13.3. The van der Waals surface area contributed by atoms with Crippen LogP contribution in [0.4, 0.5) is 10.2 Å². The Morgan fingerprint density at radius 2 is 2.05 bits per heavy atom. The first-order valence-electron chi connectivity index (χ1n) is 6.82. The highest BCUT2D eigenvalue weighted by Crippen LogP contribution is 2.27. The Balaban J connectivity index is 2.53. The fraction of sp³-hybridized carbons (Fsp3) is 0.333. The van der Waals surface area contributed by atoms with Crippen LogP contribution in [0.3, 0.4) is 0 Å². The molecule has 2 aromatic rings. The van der Waals surface area contributed by atoms with Gasteiger partial charge in [0.15, 0.2) is 5.82 Å². The highest BCUT2D eigenvalue weighted by molar-refractivity contribution is 14.1. The van der Waals surface area contributed by atoms with E-state index in [-0.39, 0.29) is 5.02 Å². The van der Waals surface area contributed by atoms with Gasteiger partial charge in [-0.1, -0.05) is 24.9 Å². The molecule has 1 N–H and O–H groups in total. The van der Waals surface area contributed by atoms with Crippen LogP contribution in [-0.4, -0.2) is 16.5 Å². The van der Waals surface area contributed by atoms with Crippen LogP contribution in [0.25, 0.3) is 11.4 Å². The quantitative estimate of drug-likeness (QED) is 0.699. The lowest BCUT2D eigenvalue weighted by Crippen LogP contribution is -2.08. The topological polar surface area (TPSA) is 37.8 Å². The molecule has 0 aliphatic rings. The van der Waals surface area contributed by atoms with Crippen LogP contribution in [0, 0.1) is 9.39 Å². The summed E-state index contributed by atoms with van der Waals surface area (Å²) in [7, 11) is 0. The largest absolute Gasteiger partial charge is 0.369 e. The molecule has 1 aromatic heterocycles. The van der Waals surface area contributed by atoms with Gasteiger partial charge in [-0.3, -0.25) is 0 Å². The van der Waals surface area contributed by atoms with Crippen molar-refractivity contribution in [2.75, 3.05) is 11.9 Å². The van der Waals surface area contributed by atoms with Crippen molar-refractivity contribution in [3.05, 3.63) is 38.3 Å². The van der Waals surface area contributed by atoms with E-state index in [0.717, 1.165) is 34.5 Å². The second-order valence-corrected chi connectivity index (χ2v) is 6.05. The van der Waals surface area contributed by atoms with Gasteiger partial charge in [0.1, 0.15) is 11.6 Å². The Kier molecular flexibility index (Phi) is 5.75. The Morgan fingerprint density at radius 1 is 1.29 bits per heavy atom. The summed E-state index contributed by atoms with van der Waals surface area (Å²) < 4.78 is 14.3. The molecule has 2 rings (SSSR count). The molecule has 6 heteroatoms. The average Bonchev–Trinajstić information content (AvgIpc) is 2.46. The lowest BCUT2D eigenvalue weighted by molar-refractivity contribution is 0.628. The zero-order valence-electron chi connectivity index (χ0n) is 11.9. The van der Waals surface area contributed by atoms with Crippen LogP contribution in [0.15, 0.2) is 18.2 Å². The smallest absolute Gasteiger partial charge is 0.161 e. The Labute approximate surface area is 142 Å². The molecule has 3 nitrogen and oxygen atoms in total. The van der Waals surface area contributed by atoms with E-state index in [2.05, 4.69) is 44.8 Å². The lowest BCUT2D eigenvalue weighted by atomic mass is 10.2. The van der Waals surface area contributed by atoms with Crippen molar-refractivity contribution in [1.29, 1.82) is 0 Å². The van der Waals surface area contributed by atoms with E-state index in [9.17, 15) is 4.39 Å². The van der Waals surface area contributed by atoms with E-state index in [1.807, 2.05) is 6.92 Å². The number of nitrogens with one attached hydrogen (secondary N) is 1. The van der Waals surface area contributed by atoms with Crippen molar-refractivity contribution < 1.29 is 4.39 Å². The fourth-order valence-corrected chi connectivity index (χ4v) is 2.83. The Hall–Kier alpha value is -0.950. The van der Waals surface area contributed by atoms with Crippen molar-refractivity contribution >= 4 is 40.0 Å². The maximum atomic E-state index is 13.3. The van der Waals surface area contributed by atoms with Gasteiger partial charge < -0.3 is 5.32 Å². The number of benzene rings is 1. The summed E-state index contributed by atoms with van der Waals surface area (Å²) in [5, 5.41) is 3.33. The van der Waals surface area contributed by atoms with Gasteiger partial charge in [-0.15, -0.1) is 0 Å². The second-order valence-electron chi connectivity index (χ2n) is 4.57. The number of halogens is 3. The molecule has 112 valence electrons. The molecule has 0 fully saturated rings. The minimum Gasteiger partial charge on any atom is -0.369 e. The molecule has 0 atom stereocenters. The monoisotopic (exact) mass is 419 g/mol. The van der Waals surface area contributed by atoms with Crippen LogP contribution in [-0.2, 0) is 6.42 Å². The maximum Gasteiger partial charge on any atom is 0.161 e. The van der Waals surface area contributed by atoms with Gasteiger partial charge >= 0.3 is 0 Å². The molecule has 1 heterocycles. The average molecular weight is 420 g/mol. The Bertz CT molecular complexity index is 622. The SMILES string of the molecule is CCCc1nc(-c2ccc(F)c(Cl)c2)nc(NCC)c1I. The molecule has 0 saturated carbocycles. The third-order valence-corrected chi connectivity index (χ3v) is 4.35.